The highest BCUT2D eigenvalue weighted by molar-refractivity contribution is 5.69. The van der Waals surface area contributed by atoms with Crippen molar-refractivity contribution in [2.75, 3.05) is 31.1 Å². The predicted octanol–water partition coefficient (Wildman–Crippen LogP) is 3.92. The Bertz CT molecular complexity index is 998. The summed E-state index contributed by atoms with van der Waals surface area (Å²) in [5.41, 5.74) is 2.92. The molecule has 2 aliphatic rings. The van der Waals surface area contributed by atoms with Gasteiger partial charge in [0, 0.05) is 38.4 Å². The Labute approximate surface area is 201 Å². The molecule has 8 nitrogen and oxygen atoms in total. The van der Waals surface area contributed by atoms with Crippen molar-refractivity contribution in [3.63, 3.8) is 0 Å². The maximum absolute atomic E-state index is 12.3. The summed E-state index contributed by atoms with van der Waals surface area (Å²) in [5.74, 6) is 0.941. The van der Waals surface area contributed by atoms with E-state index in [9.17, 15) is 9.59 Å². The Kier molecular flexibility index (Phi) is 7.24. The monoisotopic (exact) mass is 466 g/mol. The topological polar surface area (TPSA) is 84.0 Å². The summed E-state index contributed by atoms with van der Waals surface area (Å²) in [5, 5.41) is 2.99. The minimum atomic E-state index is -0.486. The van der Waals surface area contributed by atoms with Gasteiger partial charge in [-0.2, -0.15) is 0 Å². The summed E-state index contributed by atoms with van der Waals surface area (Å²) in [6, 6.07) is 11.9. The number of pyridine rings is 1. The van der Waals surface area contributed by atoms with Crippen LogP contribution in [0, 0.1) is 0 Å². The fourth-order valence-electron chi connectivity index (χ4n) is 4.30. The molecule has 1 fully saturated rings. The van der Waals surface area contributed by atoms with E-state index in [1.807, 2.05) is 57.3 Å². The third-order valence-electron chi connectivity index (χ3n) is 6.09. The summed E-state index contributed by atoms with van der Waals surface area (Å²) < 4.78 is 10.8. The number of piperazine rings is 1. The van der Waals surface area contributed by atoms with Crippen molar-refractivity contribution in [3.05, 3.63) is 59.3 Å². The number of ether oxygens (including phenoxy) is 2. The number of carbonyl (C=O) groups is 2. The van der Waals surface area contributed by atoms with Gasteiger partial charge in [0.2, 0.25) is 0 Å². The molecule has 1 saturated heterocycles. The number of fused-ring (bicyclic) bond motifs is 1. The second-order valence-corrected chi connectivity index (χ2v) is 9.91. The van der Waals surface area contributed by atoms with E-state index in [2.05, 4.69) is 21.3 Å². The first-order valence-electron chi connectivity index (χ1n) is 11.9. The lowest BCUT2D eigenvalue weighted by Gasteiger charge is -2.36. The lowest BCUT2D eigenvalue weighted by atomic mass is 9.89. The molecular weight excluding hydrogens is 432 g/mol. The molecule has 4 rings (SSSR count). The van der Waals surface area contributed by atoms with Crippen LogP contribution in [-0.2, 0) is 28.9 Å². The minimum absolute atomic E-state index is 0.0424. The maximum Gasteiger partial charge on any atom is 0.410 e. The summed E-state index contributed by atoms with van der Waals surface area (Å²) in [6.07, 6.45) is 3.77. The highest BCUT2D eigenvalue weighted by Gasteiger charge is 2.27. The van der Waals surface area contributed by atoms with Gasteiger partial charge in [0.15, 0.2) is 0 Å². The van der Waals surface area contributed by atoms with Crippen LogP contribution in [0.3, 0.4) is 0 Å². The molecule has 1 aromatic heterocycles. The Balaban J connectivity index is 1.26. The van der Waals surface area contributed by atoms with Gasteiger partial charge in [-0.25, -0.2) is 14.6 Å². The maximum atomic E-state index is 12.3. The number of aromatic nitrogens is 1. The van der Waals surface area contributed by atoms with Gasteiger partial charge in [0.1, 0.15) is 18.0 Å². The molecule has 1 unspecified atom stereocenters. The van der Waals surface area contributed by atoms with Crippen LogP contribution >= 0.6 is 0 Å². The molecule has 182 valence electrons. The number of rotatable bonds is 4. The van der Waals surface area contributed by atoms with Gasteiger partial charge in [-0.15, -0.1) is 0 Å². The van der Waals surface area contributed by atoms with Crippen molar-refractivity contribution in [2.45, 2.75) is 58.3 Å². The Morgan fingerprint density at radius 3 is 2.53 bits per heavy atom. The van der Waals surface area contributed by atoms with Gasteiger partial charge in [-0.05, 0) is 62.8 Å². The first kappa shape index (κ1) is 23.9. The summed E-state index contributed by atoms with van der Waals surface area (Å²) in [6.45, 7) is 8.59. The van der Waals surface area contributed by atoms with Gasteiger partial charge in [0.05, 0.1) is 0 Å². The first-order valence-corrected chi connectivity index (χ1v) is 11.9. The Hall–Kier alpha value is -3.29. The second kappa shape index (κ2) is 10.3. The van der Waals surface area contributed by atoms with E-state index in [0.717, 1.165) is 49.3 Å². The Morgan fingerprint density at radius 1 is 1.09 bits per heavy atom. The molecule has 1 aromatic carbocycles. The number of aryl methyl sites for hydroxylation is 1. The van der Waals surface area contributed by atoms with Gasteiger partial charge in [0.25, 0.3) is 0 Å². The fourth-order valence-corrected chi connectivity index (χ4v) is 4.30. The zero-order valence-corrected chi connectivity index (χ0v) is 20.3. The highest BCUT2D eigenvalue weighted by atomic mass is 16.6. The summed E-state index contributed by atoms with van der Waals surface area (Å²) >= 11 is 0. The van der Waals surface area contributed by atoms with Crippen LogP contribution in [0.1, 0.15) is 43.9 Å². The van der Waals surface area contributed by atoms with Crippen molar-refractivity contribution >= 4 is 18.0 Å². The molecule has 1 atom stereocenters. The highest BCUT2D eigenvalue weighted by Crippen LogP contribution is 2.25. The molecule has 34 heavy (non-hydrogen) atoms. The lowest BCUT2D eigenvalue weighted by Crippen LogP contribution is -2.50. The van der Waals surface area contributed by atoms with E-state index in [4.69, 9.17) is 9.47 Å². The Morgan fingerprint density at radius 2 is 1.82 bits per heavy atom. The van der Waals surface area contributed by atoms with Crippen LogP contribution in [0.4, 0.5) is 15.4 Å². The average Bonchev–Trinajstić information content (AvgIpc) is 2.82. The fraction of sp³-hybridized carbons (Fsp3) is 0.500. The minimum Gasteiger partial charge on any atom is -0.445 e. The lowest BCUT2D eigenvalue weighted by molar-refractivity contribution is 0.0240. The molecule has 2 amide bonds. The molecule has 1 aliphatic carbocycles. The molecular formula is C26H34N4O4. The van der Waals surface area contributed by atoms with E-state index in [-0.39, 0.29) is 24.8 Å². The number of benzene rings is 1. The zero-order valence-electron chi connectivity index (χ0n) is 20.3. The number of carbonyl (C=O) groups excluding carboxylic acids is 2. The van der Waals surface area contributed by atoms with Crippen LogP contribution in [0.2, 0.25) is 0 Å². The van der Waals surface area contributed by atoms with E-state index in [1.54, 1.807) is 4.90 Å². The van der Waals surface area contributed by atoms with Crippen molar-refractivity contribution in [1.82, 2.24) is 15.2 Å². The molecule has 1 aliphatic heterocycles. The van der Waals surface area contributed by atoms with E-state index in [1.165, 1.54) is 5.56 Å². The van der Waals surface area contributed by atoms with E-state index in [0.29, 0.717) is 13.1 Å². The van der Waals surface area contributed by atoms with Gasteiger partial charge >= 0.3 is 12.2 Å². The molecule has 1 N–H and O–H groups in total. The van der Waals surface area contributed by atoms with Crippen LogP contribution < -0.4 is 10.2 Å². The number of anilines is 1. The van der Waals surface area contributed by atoms with Gasteiger partial charge in [-0.1, -0.05) is 30.3 Å². The van der Waals surface area contributed by atoms with Gasteiger partial charge < -0.3 is 24.6 Å². The predicted molar refractivity (Wildman–Crippen MR) is 130 cm³/mol. The SMILES string of the molecule is CC(C)(C)OC(=O)N1CCN(c2cc3c(cn2)CC(NC(=O)OCc2ccccc2)CC3)CC1. The second-order valence-electron chi connectivity index (χ2n) is 9.91. The molecule has 0 radical (unpaired) electrons. The largest absolute Gasteiger partial charge is 0.445 e. The third kappa shape index (κ3) is 6.40. The number of nitrogens with zero attached hydrogens (tertiary/aromatic N) is 3. The molecule has 0 spiro atoms. The average molecular weight is 467 g/mol. The standard InChI is InChI=1S/C26H34N4O4/c1-26(2,3)34-25(32)30-13-11-29(12-14-30)23-16-20-9-10-22(15-21(20)17-27-23)28-24(31)33-18-19-7-5-4-6-8-19/h4-8,16-17,22H,9-15,18H2,1-3H3,(H,28,31). The zero-order chi connectivity index (χ0) is 24.1. The van der Waals surface area contributed by atoms with Gasteiger partial charge in [-0.3, -0.25) is 0 Å². The normalized spacial score (nSPS) is 18.1. The van der Waals surface area contributed by atoms with Crippen molar-refractivity contribution in [2.24, 2.45) is 0 Å². The molecule has 8 heteroatoms. The van der Waals surface area contributed by atoms with Crippen LogP contribution in [0.25, 0.3) is 0 Å². The smallest absolute Gasteiger partial charge is 0.410 e. The van der Waals surface area contributed by atoms with Crippen molar-refractivity contribution < 1.29 is 19.1 Å². The molecule has 0 bridgehead atoms. The quantitative estimate of drug-likeness (QED) is 0.735. The van der Waals surface area contributed by atoms with Crippen molar-refractivity contribution in [1.29, 1.82) is 0 Å². The molecule has 2 heterocycles. The molecule has 0 saturated carbocycles. The number of hydrogen-bond donors (Lipinski definition) is 1. The van der Waals surface area contributed by atoms with E-state index < -0.39 is 5.60 Å². The van der Waals surface area contributed by atoms with Crippen LogP contribution in [0.15, 0.2) is 42.6 Å². The van der Waals surface area contributed by atoms with Crippen molar-refractivity contribution in [3.8, 4) is 0 Å². The molecule has 2 aromatic rings. The number of hydrogen-bond acceptors (Lipinski definition) is 6. The van der Waals surface area contributed by atoms with Crippen LogP contribution in [-0.4, -0.2) is 59.9 Å². The summed E-state index contributed by atoms with van der Waals surface area (Å²) in [7, 11) is 0. The number of amides is 2. The first-order chi connectivity index (χ1) is 16.3. The third-order valence-corrected chi connectivity index (χ3v) is 6.09. The number of alkyl carbamates (subject to hydrolysis) is 1. The van der Waals surface area contributed by atoms with Crippen LogP contribution in [0.5, 0.6) is 0 Å². The summed E-state index contributed by atoms with van der Waals surface area (Å²) in [4.78, 5) is 33.2. The van der Waals surface area contributed by atoms with E-state index >= 15 is 0 Å². The number of nitrogens with one attached hydrogen (secondary N) is 1.